The van der Waals surface area contributed by atoms with Crippen LogP contribution in [0.15, 0.2) is 6.07 Å². The summed E-state index contributed by atoms with van der Waals surface area (Å²) in [5.74, 6) is 0. The van der Waals surface area contributed by atoms with E-state index in [9.17, 15) is 0 Å². The molecule has 1 saturated carbocycles. The Morgan fingerprint density at radius 3 is 2.84 bits per heavy atom. The van der Waals surface area contributed by atoms with E-state index in [2.05, 4.69) is 25.7 Å². The Labute approximate surface area is 116 Å². The largest absolute Gasteiger partial charge is 0.314 e. The minimum absolute atomic E-state index is 0.752. The zero-order valence-electron chi connectivity index (χ0n) is 11.2. The van der Waals surface area contributed by atoms with E-state index in [0.717, 1.165) is 46.0 Å². The zero-order chi connectivity index (χ0) is 13.2. The van der Waals surface area contributed by atoms with Gasteiger partial charge in [0.2, 0.25) is 0 Å². The summed E-state index contributed by atoms with van der Waals surface area (Å²) >= 11 is 1.65. The van der Waals surface area contributed by atoms with E-state index in [1.54, 1.807) is 11.3 Å². The van der Waals surface area contributed by atoms with E-state index < -0.39 is 0 Å². The lowest BCUT2D eigenvalue weighted by molar-refractivity contribution is 0.677. The molecule has 0 atom stereocenters. The van der Waals surface area contributed by atoms with Gasteiger partial charge in [0.15, 0.2) is 0 Å². The van der Waals surface area contributed by atoms with Crippen molar-refractivity contribution in [1.29, 1.82) is 0 Å². The highest BCUT2D eigenvalue weighted by atomic mass is 32.1. The van der Waals surface area contributed by atoms with Crippen molar-refractivity contribution < 1.29 is 0 Å². The molecule has 0 saturated heterocycles. The predicted octanol–water partition coefficient (Wildman–Crippen LogP) is 1.91. The number of hydrogen-bond donors (Lipinski definition) is 1. The molecule has 2 aromatic rings. The van der Waals surface area contributed by atoms with Crippen LogP contribution in [0.25, 0.3) is 10.6 Å². The molecule has 2 heterocycles. The fourth-order valence-corrected chi connectivity index (χ4v) is 2.81. The Morgan fingerprint density at radius 2 is 2.05 bits per heavy atom. The third kappa shape index (κ3) is 3.13. The first-order valence-corrected chi connectivity index (χ1v) is 7.41. The van der Waals surface area contributed by atoms with Crippen LogP contribution in [0.2, 0.25) is 0 Å². The summed E-state index contributed by atoms with van der Waals surface area (Å²) in [5, 5.41) is 22.2. The molecular weight excluding hydrogens is 258 g/mol. The lowest BCUT2D eigenvalue weighted by Crippen LogP contribution is -2.19. The Morgan fingerprint density at radius 1 is 1.21 bits per heavy atom. The van der Waals surface area contributed by atoms with Gasteiger partial charge in [-0.2, -0.15) is 10.2 Å². The molecule has 0 amide bonds. The highest BCUT2D eigenvalue weighted by Gasteiger charge is 2.20. The Kier molecular flexibility index (Phi) is 3.52. The molecule has 0 spiro atoms. The van der Waals surface area contributed by atoms with E-state index in [0.29, 0.717) is 0 Å². The second-order valence-corrected chi connectivity index (χ2v) is 6.03. The van der Waals surface area contributed by atoms with Crippen LogP contribution in [0.5, 0.6) is 0 Å². The van der Waals surface area contributed by atoms with Crippen molar-refractivity contribution in [3.63, 3.8) is 0 Å². The molecule has 0 aromatic carbocycles. The highest BCUT2D eigenvalue weighted by molar-refractivity contribution is 7.14. The molecule has 0 bridgehead atoms. The number of aryl methyl sites for hydroxylation is 2. The molecule has 1 aliphatic rings. The second kappa shape index (κ2) is 5.30. The summed E-state index contributed by atoms with van der Waals surface area (Å²) < 4.78 is 0. The van der Waals surface area contributed by atoms with E-state index in [-0.39, 0.29) is 0 Å². The molecule has 0 aliphatic heterocycles. The van der Waals surface area contributed by atoms with Gasteiger partial charge in [-0.05, 0) is 32.8 Å². The maximum Gasteiger partial charge on any atom is 0.149 e. The van der Waals surface area contributed by atoms with Crippen molar-refractivity contribution in [2.24, 2.45) is 0 Å². The third-order valence-corrected chi connectivity index (χ3v) is 4.16. The predicted molar refractivity (Wildman–Crippen MR) is 75.1 cm³/mol. The van der Waals surface area contributed by atoms with E-state index in [1.807, 2.05) is 19.9 Å². The molecule has 1 aliphatic carbocycles. The lowest BCUT2D eigenvalue weighted by Gasteiger charge is -2.00. The van der Waals surface area contributed by atoms with Gasteiger partial charge in [0.1, 0.15) is 10.0 Å². The maximum absolute atomic E-state index is 4.27. The average molecular weight is 275 g/mol. The fraction of sp³-hybridized carbons (Fsp3) is 0.538. The quantitative estimate of drug-likeness (QED) is 0.903. The summed E-state index contributed by atoms with van der Waals surface area (Å²) in [6.45, 7) is 4.89. The molecule has 19 heavy (non-hydrogen) atoms. The normalized spacial score (nSPS) is 14.8. The van der Waals surface area contributed by atoms with Gasteiger partial charge in [0, 0.05) is 24.6 Å². The van der Waals surface area contributed by atoms with Crippen molar-refractivity contribution in [1.82, 2.24) is 25.7 Å². The molecule has 100 valence electrons. The van der Waals surface area contributed by atoms with Crippen LogP contribution in [-0.2, 0) is 6.42 Å². The standard InChI is InChI=1S/C13H17N5S/c1-8-7-11(9(2)16-15-8)13-18-17-12(19-13)5-6-14-10-3-4-10/h7,10,14H,3-6H2,1-2H3. The van der Waals surface area contributed by atoms with E-state index in [1.165, 1.54) is 12.8 Å². The van der Waals surface area contributed by atoms with Crippen LogP contribution in [-0.4, -0.2) is 33.0 Å². The lowest BCUT2D eigenvalue weighted by atomic mass is 10.2. The minimum atomic E-state index is 0.752. The van der Waals surface area contributed by atoms with Crippen LogP contribution < -0.4 is 5.32 Å². The highest BCUT2D eigenvalue weighted by Crippen LogP contribution is 2.26. The van der Waals surface area contributed by atoms with Gasteiger partial charge in [0.25, 0.3) is 0 Å². The average Bonchev–Trinajstić information content (AvgIpc) is 3.10. The molecule has 2 aromatic heterocycles. The van der Waals surface area contributed by atoms with Crippen LogP contribution in [0.4, 0.5) is 0 Å². The fourth-order valence-electron chi connectivity index (χ4n) is 1.90. The minimum Gasteiger partial charge on any atom is -0.314 e. The summed E-state index contributed by atoms with van der Waals surface area (Å²) in [7, 11) is 0. The molecule has 1 fully saturated rings. The number of rotatable bonds is 5. The zero-order valence-corrected chi connectivity index (χ0v) is 12.0. The summed E-state index contributed by atoms with van der Waals surface area (Å²) in [6, 6.07) is 2.77. The summed E-state index contributed by atoms with van der Waals surface area (Å²) in [5.41, 5.74) is 2.86. The van der Waals surface area contributed by atoms with Crippen LogP contribution >= 0.6 is 11.3 Å². The molecular formula is C13H17N5S. The second-order valence-electron chi connectivity index (χ2n) is 4.96. The van der Waals surface area contributed by atoms with Gasteiger partial charge < -0.3 is 5.32 Å². The number of hydrogen-bond acceptors (Lipinski definition) is 6. The molecule has 5 nitrogen and oxygen atoms in total. The number of nitrogens with one attached hydrogen (secondary N) is 1. The van der Waals surface area contributed by atoms with Gasteiger partial charge in [-0.1, -0.05) is 11.3 Å². The molecule has 1 N–H and O–H groups in total. The van der Waals surface area contributed by atoms with E-state index >= 15 is 0 Å². The van der Waals surface area contributed by atoms with Crippen molar-refractivity contribution in [2.45, 2.75) is 39.2 Å². The van der Waals surface area contributed by atoms with Crippen molar-refractivity contribution in [3.05, 3.63) is 22.5 Å². The molecule has 6 heteroatoms. The van der Waals surface area contributed by atoms with Gasteiger partial charge >= 0.3 is 0 Å². The van der Waals surface area contributed by atoms with Crippen LogP contribution in [0.3, 0.4) is 0 Å². The number of nitrogens with zero attached hydrogens (tertiary/aromatic N) is 4. The van der Waals surface area contributed by atoms with Crippen molar-refractivity contribution in [3.8, 4) is 10.6 Å². The first kappa shape index (κ1) is 12.6. The Hall–Kier alpha value is -1.40. The van der Waals surface area contributed by atoms with Gasteiger partial charge in [-0.3, -0.25) is 0 Å². The van der Waals surface area contributed by atoms with Crippen molar-refractivity contribution in [2.75, 3.05) is 6.54 Å². The monoisotopic (exact) mass is 275 g/mol. The maximum atomic E-state index is 4.27. The van der Waals surface area contributed by atoms with Crippen molar-refractivity contribution >= 4 is 11.3 Å². The van der Waals surface area contributed by atoms with Crippen LogP contribution in [0, 0.1) is 13.8 Å². The summed E-state index contributed by atoms with van der Waals surface area (Å²) in [6.07, 6.45) is 3.59. The van der Waals surface area contributed by atoms with Crippen LogP contribution in [0.1, 0.15) is 29.2 Å². The van der Waals surface area contributed by atoms with Gasteiger partial charge in [-0.15, -0.1) is 10.2 Å². The topological polar surface area (TPSA) is 63.6 Å². The smallest absolute Gasteiger partial charge is 0.149 e. The molecule has 0 unspecified atom stereocenters. The molecule has 0 radical (unpaired) electrons. The van der Waals surface area contributed by atoms with Gasteiger partial charge in [0.05, 0.1) is 11.4 Å². The first-order chi connectivity index (χ1) is 9.22. The SMILES string of the molecule is Cc1cc(-c2nnc(CCNC3CC3)s2)c(C)nn1. The first-order valence-electron chi connectivity index (χ1n) is 6.59. The van der Waals surface area contributed by atoms with Gasteiger partial charge in [-0.25, -0.2) is 0 Å². The van der Waals surface area contributed by atoms with E-state index in [4.69, 9.17) is 0 Å². The Balaban J connectivity index is 1.70. The molecule has 3 rings (SSSR count). The summed E-state index contributed by atoms with van der Waals surface area (Å²) in [4.78, 5) is 0. The number of aromatic nitrogens is 4. The Bertz CT molecular complexity index is 576. The third-order valence-electron chi connectivity index (χ3n) is 3.15.